The van der Waals surface area contributed by atoms with Crippen LogP contribution in [0.2, 0.25) is 0 Å². The van der Waals surface area contributed by atoms with Gasteiger partial charge >= 0.3 is 12.3 Å². The van der Waals surface area contributed by atoms with Gasteiger partial charge in [0.25, 0.3) is 0 Å². The van der Waals surface area contributed by atoms with Gasteiger partial charge in [0, 0.05) is 18.0 Å². The van der Waals surface area contributed by atoms with Gasteiger partial charge in [0.05, 0.1) is 35.3 Å². The molecule has 4 aliphatic rings. The molecule has 2 heterocycles. The fraction of sp³-hybridized carbons (Fsp3) is 0.387. The highest BCUT2D eigenvalue weighted by Crippen LogP contribution is 2.64. The number of para-hydroxylation sites is 1. The average molecular weight is 613 g/mol. The van der Waals surface area contributed by atoms with Crippen molar-refractivity contribution in [2.24, 2.45) is 29.1 Å². The predicted molar refractivity (Wildman–Crippen MR) is 145 cm³/mol. The average Bonchev–Trinajstić information content (AvgIpc) is 3.32. The summed E-state index contributed by atoms with van der Waals surface area (Å²) in [6.07, 6.45) is -3.80. The molecule has 230 valence electrons. The number of imide groups is 2. The number of carbonyl (C=O) groups is 5. The zero-order valence-corrected chi connectivity index (χ0v) is 23.3. The Kier molecular flexibility index (Phi) is 6.82. The van der Waals surface area contributed by atoms with E-state index in [2.05, 4.69) is 4.74 Å². The molecule has 2 aromatic carbocycles. The maximum Gasteiger partial charge on any atom is 0.573 e. The van der Waals surface area contributed by atoms with Gasteiger partial charge in [-0.2, -0.15) is 0 Å². The number of ether oxygens (including phenoxy) is 1. The van der Waals surface area contributed by atoms with E-state index in [1.165, 1.54) is 6.92 Å². The molecule has 2 aliphatic carbocycles. The van der Waals surface area contributed by atoms with E-state index in [9.17, 15) is 42.3 Å². The molecule has 2 saturated heterocycles. The Bertz CT molecular complexity index is 1620. The molecule has 0 radical (unpaired) electrons. The summed E-state index contributed by atoms with van der Waals surface area (Å²) in [7, 11) is 0. The van der Waals surface area contributed by atoms with E-state index in [4.69, 9.17) is 5.11 Å². The van der Waals surface area contributed by atoms with Crippen LogP contribution in [0.15, 0.2) is 60.2 Å². The number of rotatable bonds is 6. The molecule has 10 nitrogen and oxygen atoms in total. The first-order valence-corrected chi connectivity index (χ1v) is 14.0. The molecule has 0 spiro atoms. The third-order valence-electron chi connectivity index (χ3n) is 9.47. The lowest BCUT2D eigenvalue weighted by atomic mass is 9.51. The van der Waals surface area contributed by atoms with Crippen LogP contribution < -0.4 is 9.64 Å². The summed E-state index contributed by atoms with van der Waals surface area (Å²) >= 11 is 0. The van der Waals surface area contributed by atoms with Gasteiger partial charge < -0.3 is 14.9 Å². The van der Waals surface area contributed by atoms with Crippen molar-refractivity contribution in [3.63, 3.8) is 0 Å². The molecule has 0 aromatic heterocycles. The van der Waals surface area contributed by atoms with Crippen molar-refractivity contribution in [2.45, 2.75) is 38.5 Å². The Hall–Kier alpha value is -4.68. The fourth-order valence-electron chi connectivity index (χ4n) is 7.64. The van der Waals surface area contributed by atoms with Crippen LogP contribution in [-0.4, -0.2) is 57.6 Å². The second kappa shape index (κ2) is 10.2. The first-order chi connectivity index (χ1) is 20.7. The molecule has 6 rings (SSSR count). The Morgan fingerprint density at radius 1 is 1.02 bits per heavy atom. The van der Waals surface area contributed by atoms with Crippen LogP contribution in [0.3, 0.4) is 0 Å². The van der Waals surface area contributed by atoms with Crippen molar-refractivity contribution >= 4 is 35.3 Å². The van der Waals surface area contributed by atoms with E-state index in [1.54, 1.807) is 36.4 Å². The lowest BCUT2D eigenvalue weighted by molar-refractivity contribution is -0.274. The molecular weight excluding hydrogens is 585 g/mol. The summed E-state index contributed by atoms with van der Waals surface area (Å²) < 4.78 is 43.7. The number of anilines is 1. The number of carboxylic acid groups (broad SMARTS) is 1. The summed E-state index contributed by atoms with van der Waals surface area (Å²) in [5, 5.41) is 20.2. The second-order valence-corrected chi connectivity index (χ2v) is 11.7. The predicted octanol–water partition coefficient (Wildman–Crippen LogP) is 4.00. The van der Waals surface area contributed by atoms with Crippen molar-refractivity contribution in [3.05, 3.63) is 65.7 Å². The summed E-state index contributed by atoms with van der Waals surface area (Å²) in [6.45, 7) is 1.20. The number of fused-ring (bicyclic) bond motifs is 4. The van der Waals surface area contributed by atoms with Crippen LogP contribution in [-0.2, 0) is 24.0 Å². The van der Waals surface area contributed by atoms with Crippen molar-refractivity contribution in [3.8, 4) is 11.5 Å². The van der Waals surface area contributed by atoms with Gasteiger partial charge in [-0.15, -0.1) is 13.2 Å². The normalized spacial score (nSPS) is 29.7. The van der Waals surface area contributed by atoms with E-state index in [-0.39, 0.29) is 30.6 Å². The first kappa shape index (κ1) is 29.4. The number of benzene rings is 2. The molecule has 3 fully saturated rings. The van der Waals surface area contributed by atoms with Gasteiger partial charge in [0.1, 0.15) is 11.5 Å². The number of halogens is 3. The van der Waals surface area contributed by atoms with E-state index < -0.39 is 88.9 Å². The highest BCUT2D eigenvalue weighted by molar-refractivity contribution is 6.24. The van der Waals surface area contributed by atoms with Crippen LogP contribution >= 0.6 is 0 Å². The topological polar surface area (TPSA) is 142 Å². The minimum Gasteiger partial charge on any atom is -0.508 e. The number of carbonyl (C=O) groups excluding carboxylic acids is 4. The number of phenols is 1. The lowest BCUT2D eigenvalue weighted by Crippen LogP contribution is -2.49. The number of nitrogens with zero attached hydrogens (tertiary/aromatic N) is 2. The Labute approximate surface area is 248 Å². The Morgan fingerprint density at radius 2 is 1.73 bits per heavy atom. The number of hydrogen-bond donors (Lipinski definition) is 2. The van der Waals surface area contributed by atoms with Gasteiger partial charge in [-0.3, -0.25) is 28.9 Å². The Balaban J connectivity index is 1.50. The van der Waals surface area contributed by atoms with Gasteiger partial charge in [-0.1, -0.05) is 29.8 Å². The highest BCUT2D eigenvalue weighted by atomic mass is 19.4. The van der Waals surface area contributed by atoms with Gasteiger partial charge in [0.15, 0.2) is 0 Å². The zero-order valence-electron chi connectivity index (χ0n) is 23.3. The number of carboxylic acids is 1. The van der Waals surface area contributed by atoms with Crippen LogP contribution in [0, 0.1) is 29.1 Å². The number of phenolic OH excluding ortho intramolecular Hbond substituents is 1. The minimum atomic E-state index is -5.05. The molecule has 44 heavy (non-hydrogen) atoms. The summed E-state index contributed by atoms with van der Waals surface area (Å²) in [5.41, 5.74) is -0.950. The first-order valence-electron chi connectivity index (χ1n) is 14.0. The van der Waals surface area contributed by atoms with Crippen LogP contribution in [0.5, 0.6) is 11.5 Å². The molecule has 2 aromatic rings. The van der Waals surface area contributed by atoms with Gasteiger partial charge in [0.2, 0.25) is 23.6 Å². The molecular formula is C31H27F3N2O8. The van der Waals surface area contributed by atoms with E-state index in [0.29, 0.717) is 5.57 Å². The maximum atomic E-state index is 14.3. The number of likely N-dealkylation sites (tertiary alicyclic amines) is 1. The number of aromatic hydroxyl groups is 1. The number of amides is 4. The monoisotopic (exact) mass is 612 g/mol. The van der Waals surface area contributed by atoms with Crippen molar-refractivity contribution in [1.82, 2.24) is 4.90 Å². The van der Waals surface area contributed by atoms with Gasteiger partial charge in [-0.05, 0) is 56.0 Å². The number of alkyl halides is 3. The summed E-state index contributed by atoms with van der Waals surface area (Å²) in [5.74, 6) is -9.45. The molecule has 4 amide bonds. The maximum absolute atomic E-state index is 14.3. The van der Waals surface area contributed by atoms with Crippen molar-refractivity contribution in [2.75, 3.05) is 11.4 Å². The molecule has 6 atom stereocenters. The fourth-order valence-corrected chi connectivity index (χ4v) is 7.64. The second-order valence-electron chi connectivity index (χ2n) is 11.7. The quantitative estimate of drug-likeness (QED) is 0.369. The summed E-state index contributed by atoms with van der Waals surface area (Å²) in [4.78, 5) is 68.4. The van der Waals surface area contributed by atoms with Crippen LogP contribution in [0.25, 0.3) is 0 Å². The van der Waals surface area contributed by atoms with E-state index in [1.807, 2.05) is 0 Å². The van der Waals surface area contributed by atoms with Crippen molar-refractivity contribution < 1.29 is 52.1 Å². The summed E-state index contributed by atoms with van der Waals surface area (Å²) in [6, 6.07) is 11.0. The minimum absolute atomic E-state index is 0.0147. The third-order valence-corrected chi connectivity index (χ3v) is 9.47. The highest BCUT2D eigenvalue weighted by Gasteiger charge is 2.68. The van der Waals surface area contributed by atoms with E-state index >= 15 is 0 Å². The molecule has 13 heteroatoms. The van der Waals surface area contributed by atoms with Crippen LogP contribution in [0.1, 0.15) is 37.7 Å². The molecule has 6 unspecified atom stereocenters. The largest absolute Gasteiger partial charge is 0.573 e. The molecule has 1 saturated carbocycles. The number of aliphatic carboxylic acids is 1. The molecule has 2 N–H and O–H groups in total. The van der Waals surface area contributed by atoms with Crippen molar-refractivity contribution in [1.29, 1.82) is 0 Å². The van der Waals surface area contributed by atoms with Crippen LogP contribution in [0.4, 0.5) is 18.9 Å². The van der Waals surface area contributed by atoms with E-state index in [0.717, 1.165) is 28.0 Å². The number of hydrogen-bond acceptors (Lipinski definition) is 7. The SMILES string of the molecule is CC12C(=O)N(c3ccccc3)C(=O)C1CC1C(=CCC3C(=O)N(CCC(=O)O)C(=O)C31)C2c1cc(OC(F)(F)F)ccc1O. The zero-order chi connectivity index (χ0) is 31.7. The third kappa shape index (κ3) is 4.44. The van der Waals surface area contributed by atoms with Gasteiger partial charge in [-0.25, -0.2) is 4.90 Å². The standard InChI is InChI=1S/C31H27F3N2O8/c1-30-21(27(41)36(29(30)43)15-5-3-2-4-6-15)14-19-17(25(30)20-13-16(7-10-22(20)37)44-31(32,33)34)8-9-18-24(19)28(42)35(26(18)40)12-11-23(38)39/h2-8,10,13,18-19,21,24-25,37H,9,11-12,14H2,1H3,(H,38,39). The molecule has 0 bridgehead atoms. The Morgan fingerprint density at radius 3 is 2.39 bits per heavy atom. The number of allylic oxidation sites excluding steroid dienone is 2. The smallest absolute Gasteiger partial charge is 0.508 e. The lowest BCUT2D eigenvalue weighted by Gasteiger charge is -2.49. The molecule has 2 aliphatic heterocycles.